The van der Waals surface area contributed by atoms with Crippen molar-refractivity contribution >= 4 is 45.7 Å². The lowest BCUT2D eigenvalue weighted by Crippen LogP contribution is -2.12. The van der Waals surface area contributed by atoms with Crippen LogP contribution in [0.4, 0.5) is 5.69 Å². The van der Waals surface area contributed by atoms with E-state index in [9.17, 15) is 4.79 Å². The summed E-state index contributed by atoms with van der Waals surface area (Å²) in [5, 5.41) is 17.6. The lowest BCUT2D eigenvalue weighted by atomic mass is 10.1. The quantitative estimate of drug-likeness (QED) is 0.447. The predicted octanol–water partition coefficient (Wildman–Crippen LogP) is 4.38. The van der Waals surface area contributed by atoms with Crippen molar-refractivity contribution in [3.05, 3.63) is 64.3 Å². The van der Waals surface area contributed by atoms with E-state index in [1.54, 1.807) is 24.4 Å². The van der Waals surface area contributed by atoms with E-state index in [2.05, 4.69) is 30.7 Å². The third-order valence-corrected chi connectivity index (χ3v) is 4.72. The summed E-state index contributed by atoms with van der Waals surface area (Å²) in [6.07, 6.45) is 5.69. The van der Waals surface area contributed by atoms with E-state index in [4.69, 9.17) is 27.9 Å². The number of hydrogen-bond donors (Lipinski definition) is 3. The van der Waals surface area contributed by atoms with Crippen LogP contribution in [0.5, 0.6) is 5.75 Å². The van der Waals surface area contributed by atoms with Gasteiger partial charge in [-0.1, -0.05) is 23.2 Å². The summed E-state index contributed by atoms with van der Waals surface area (Å²) in [7, 11) is 0. The molecule has 3 heterocycles. The molecule has 28 heavy (non-hydrogen) atoms. The molecule has 0 radical (unpaired) electrons. The maximum Gasteiger partial charge on any atom is 0.276 e. The molecule has 0 saturated heterocycles. The van der Waals surface area contributed by atoms with Gasteiger partial charge in [0.2, 0.25) is 0 Å². The Kier molecular flexibility index (Phi) is 4.89. The fourth-order valence-corrected chi connectivity index (χ4v) is 3.49. The highest BCUT2D eigenvalue weighted by Crippen LogP contribution is 2.33. The van der Waals surface area contributed by atoms with Gasteiger partial charge in [-0.2, -0.15) is 10.2 Å². The molecule has 3 aromatic heterocycles. The van der Waals surface area contributed by atoms with Crippen molar-refractivity contribution in [2.45, 2.75) is 13.0 Å². The number of anilines is 1. The van der Waals surface area contributed by atoms with Crippen LogP contribution >= 0.6 is 23.2 Å². The topological polar surface area (TPSA) is 109 Å². The molecule has 3 N–H and O–H groups in total. The minimum atomic E-state index is -0.421. The Balaban J connectivity index is 1.61. The fourth-order valence-electron chi connectivity index (χ4n) is 2.82. The third-order valence-electron chi connectivity index (χ3n) is 4.12. The number of rotatable bonds is 5. The van der Waals surface area contributed by atoms with Gasteiger partial charge in [-0.3, -0.25) is 20.0 Å². The van der Waals surface area contributed by atoms with Crippen LogP contribution in [0.15, 0.2) is 43.0 Å². The van der Waals surface area contributed by atoms with Crippen molar-refractivity contribution < 1.29 is 9.53 Å². The molecule has 4 aromatic rings. The average molecular weight is 417 g/mol. The van der Waals surface area contributed by atoms with E-state index in [1.165, 1.54) is 18.6 Å². The Morgan fingerprint density at radius 3 is 2.71 bits per heavy atom. The molecule has 10 heteroatoms. The van der Waals surface area contributed by atoms with Gasteiger partial charge in [-0.05, 0) is 25.1 Å². The van der Waals surface area contributed by atoms with Crippen molar-refractivity contribution in [3.63, 3.8) is 0 Å². The van der Waals surface area contributed by atoms with Crippen molar-refractivity contribution in [2.24, 2.45) is 0 Å². The van der Waals surface area contributed by atoms with Gasteiger partial charge in [0.05, 0.1) is 27.4 Å². The van der Waals surface area contributed by atoms with Crippen molar-refractivity contribution in [1.29, 1.82) is 0 Å². The van der Waals surface area contributed by atoms with Crippen LogP contribution in [0.2, 0.25) is 10.0 Å². The normalized spacial score (nSPS) is 12.1. The number of benzene rings is 1. The van der Waals surface area contributed by atoms with Gasteiger partial charge >= 0.3 is 0 Å². The second-order valence-corrected chi connectivity index (χ2v) is 6.81. The first kappa shape index (κ1) is 18.3. The lowest BCUT2D eigenvalue weighted by Gasteiger charge is -2.17. The molecule has 0 spiro atoms. The number of fused-ring (bicyclic) bond motifs is 1. The van der Waals surface area contributed by atoms with Gasteiger partial charge in [-0.15, -0.1) is 0 Å². The van der Waals surface area contributed by atoms with Crippen LogP contribution in [-0.4, -0.2) is 31.3 Å². The molecule has 0 bridgehead atoms. The molecule has 1 atom stereocenters. The maximum absolute atomic E-state index is 12.5. The van der Waals surface area contributed by atoms with E-state index < -0.39 is 6.10 Å². The number of nitrogens with zero attached hydrogens (tertiary/aromatic N) is 3. The number of ether oxygens (including phenoxy) is 1. The molecule has 0 aliphatic rings. The average Bonchev–Trinajstić information content (AvgIpc) is 3.30. The summed E-state index contributed by atoms with van der Waals surface area (Å²) in [5.74, 6) is 0.181. The number of carbonyl (C=O) groups excluding carboxylic acids is 1. The first-order valence-corrected chi connectivity index (χ1v) is 9.02. The van der Waals surface area contributed by atoms with Gasteiger partial charge < -0.3 is 10.1 Å². The minimum absolute atomic E-state index is 0.245. The second-order valence-electron chi connectivity index (χ2n) is 6.00. The highest BCUT2D eigenvalue weighted by atomic mass is 35.5. The summed E-state index contributed by atoms with van der Waals surface area (Å²) in [6.45, 7) is 1.83. The van der Waals surface area contributed by atoms with Crippen LogP contribution in [0, 0.1) is 0 Å². The minimum Gasteiger partial charge on any atom is -0.486 e. The molecule has 4 rings (SSSR count). The zero-order chi connectivity index (χ0) is 19.7. The van der Waals surface area contributed by atoms with E-state index in [-0.39, 0.29) is 11.6 Å². The molecule has 0 aliphatic carbocycles. The van der Waals surface area contributed by atoms with Gasteiger partial charge in [-0.25, -0.2) is 0 Å². The number of amides is 1. The number of halogens is 2. The number of carbonyl (C=O) groups is 1. The summed E-state index contributed by atoms with van der Waals surface area (Å²) >= 11 is 12.4. The summed E-state index contributed by atoms with van der Waals surface area (Å²) < 4.78 is 6.00. The number of aromatic nitrogens is 5. The molecule has 1 aromatic carbocycles. The Bertz CT molecular complexity index is 1120. The summed E-state index contributed by atoms with van der Waals surface area (Å²) in [5.41, 5.74) is 2.14. The van der Waals surface area contributed by atoms with Crippen LogP contribution in [0.25, 0.3) is 10.9 Å². The maximum atomic E-state index is 12.5. The lowest BCUT2D eigenvalue weighted by molar-refractivity contribution is 0.102. The Morgan fingerprint density at radius 2 is 2.00 bits per heavy atom. The standard InChI is InChI=1S/C18H14Cl2N6O2/c1-9(16-13(19)7-21-8-14(16)20)28-11-2-3-15-12(4-11)17(26-25-15)18(27)24-10-5-22-23-6-10/h2-9H,1H3,(H,22,23)(H,24,27)(H,25,26). The van der Waals surface area contributed by atoms with Crippen molar-refractivity contribution in [2.75, 3.05) is 5.32 Å². The first-order valence-electron chi connectivity index (χ1n) is 8.26. The van der Waals surface area contributed by atoms with E-state index in [1.807, 2.05) is 6.92 Å². The van der Waals surface area contributed by atoms with Crippen LogP contribution < -0.4 is 10.1 Å². The molecule has 0 saturated carbocycles. The Labute approximate surface area is 169 Å². The SMILES string of the molecule is CC(Oc1ccc2[nH]nc(C(=O)Nc3cn[nH]c3)c2c1)c1c(Cl)cncc1Cl. The molecule has 1 amide bonds. The first-order chi connectivity index (χ1) is 13.5. The molecule has 0 aliphatic heterocycles. The van der Waals surface area contributed by atoms with Gasteiger partial charge in [0.25, 0.3) is 5.91 Å². The zero-order valence-electron chi connectivity index (χ0n) is 14.5. The van der Waals surface area contributed by atoms with Crippen LogP contribution in [0.3, 0.4) is 0 Å². The van der Waals surface area contributed by atoms with Crippen LogP contribution in [0.1, 0.15) is 29.1 Å². The zero-order valence-corrected chi connectivity index (χ0v) is 16.0. The predicted molar refractivity (Wildman–Crippen MR) is 106 cm³/mol. The summed E-state index contributed by atoms with van der Waals surface area (Å²) in [4.78, 5) is 16.5. The van der Waals surface area contributed by atoms with Crippen LogP contribution in [-0.2, 0) is 0 Å². The largest absolute Gasteiger partial charge is 0.486 e. The second kappa shape index (κ2) is 7.49. The number of nitrogens with one attached hydrogen (secondary N) is 3. The smallest absolute Gasteiger partial charge is 0.276 e. The molecular formula is C18H14Cl2N6O2. The highest BCUT2D eigenvalue weighted by Gasteiger charge is 2.18. The van der Waals surface area contributed by atoms with Gasteiger partial charge in [0.15, 0.2) is 5.69 Å². The Hall–Kier alpha value is -3.10. The van der Waals surface area contributed by atoms with Crippen molar-refractivity contribution in [1.82, 2.24) is 25.4 Å². The molecule has 8 nitrogen and oxygen atoms in total. The summed E-state index contributed by atoms with van der Waals surface area (Å²) in [6, 6.07) is 5.30. The number of hydrogen-bond acceptors (Lipinski definition) is 5. The van der Waals surface area contributed by atoms with E-state index in [0.29, 0.717) is 37.9 Å². The number of aromatic amines is 2. The molecule has 0 fully saturated rings. The molecular weight excluding hydrogens is 403 g/mol. The number of pyridine rings is 1. The number of H-pyrrole nitrogens is 2. The monoisotopic (exact) mass is 416 g/mol. The van der Waals surface area contributed by atoms with E-state index >= 15 is 0 Å². The molecule has 1 unspecified atom stereocenters. The Morgan fingerprint density at radius 1 is 1.21 bits per heavy atom. The van der Waals surface area contributed by atoms with Gasteiger partial charge in [0, 0.05) is 29.5 Å². The highest BCUT2D eigenvalue weighted by molar-refractivity contribution is 6.35. The third kappa shape index (κ3) is 3.51. The van der Waals surface area contributed by atoms with Gasteiger partial charge in [0.1, 0.15) is 11.9 Å². The molecule has 142 valence electrons. The fraction of sp³-hybridized carbons (Fsp3) is 0.111. The van der Waals surface area contributed by atoms with E-state index in [0.717, 1.165) is 0 Å². The van der Waals surface area contributed by atoms with Crippen molar-refractivity contribution in [3.8, 4) is 5.75 Å².